The average Bonchev–Trinajstić information content (AvgIpc) is 3.30. The van der Waals surface area contributed by atoms with E-state index in [0.29, 0.717) is 17.1 Å². The van der Waals surface area contributed by atoms with Gasteiger partial charge in [0.25, 0.3) is 0 Å². The maximum atomic E-state index is 13.9. The van der Waals surface area contributed by atoms with Crippen molar-refractivity contribution in [2.24, 2.45) is 5.92 Å². The number of benzene rings is 3. The zero-order valence-corrected chi connectivity index (χ0v) is 23.8. The van der Waals surface area contributed by atoms with E-state index in [9.17, 15) is 19.5 Å². The number of halogens is 1. The molecule has 2 N–H and O–H groups in total. The van der Waals surface area contributed by atoms with Gasteiger partial charge in [0, 0.05) is 47.3 Å². The summed E-state index contributed by atoms with van der Waals surface area (Å²) in [7, 11) is 0. The number of nitrogens with one attached hydrogen (secondary N) is 1. The second kappa shape index (κ2) is 12.2. The van der Waals surface area contributed by atoms with E-state index in [2.05, 4.69) is 10.2 Å². The number of amides is 3. The molecule has 1 aliphatic heterocycles. The van der Waals surface area contributed by atoms with Crippen molar-refractivity contribution in [3.05, 3.63) is 97.0 Å². The van der Waals surface area contributed by atoms with Crippen LogP contribution in [0.25, 0.3) is 10.9 Å². The molecule has 1 aromatic heterocycles. The monoisotopic (exact) mass is 603 g/mol. The number of aromatic amines is 1. The molecular formula is C30H30BrN5O4. The third-order valence-corrected chi connectivity index (χ3v) is 6.71. The van der Waals surface area contributed by atoms with Crippen LogP contribution in [0.2, 0.25) is 0 Å². The summed E-state index contributed by atoms with van der Waals surface area (Å²) in [6.07, 6.45) is 3.12. The van der Waals surface area contributed by atoms with Crippen LogP contribution in [0.3, 0.4) is 0 Å². The SMILES string of the molecule is Br.CC(C)N(C(=O)CN1C=CN(c2ccccc2)C(=O)C(Cc2[nH]nc3ccccc23)C1=O)c1ccc(O)cc1. The number of carbonyl (C=O) groups is 3. The first-order valence-electron chi connectivity index (χ1n) is 12.7. The molecule has 10 heteroatoms. The van der Waals surface area contributed by atoms with E-state index < -0.39 is 17.7 Å². The molecule has 2 heterocycles. The van der Waals surface area contributed by atoms with Crippen LogP contribution in [0.15, 0.2) is 91.3 Å². The predicted molar refractivity (Wildman–Crippen MR) is 159 cm³/mol. The first-order chi connectivity index (χ1) is 18.8. The number of aromatic nitrogens is 2. The maximum absolute atomic E-state index is 13.9. The minimum absolute atomic E-state index is 0. The van der Waals surface area contributed by atoms with E-state index in [4.69, 9.17) is 0 Å². The molecule has 3 aromatic carbocycles. The standard InChI is InChI=1S/C30H29N5O4.BrH/c1-20(2)35(22-12-14-23(36)15-13-22)28(37)19-33-16-17-34(21-8-4-3-5-9-21)30(39)25(29(33)38)18-27-24-10-6-7-11-26(24)31-32-27;/h3-17,20,25,36H,18-19H2,1-2H3,(H,31,32);1H. The molecule has 3 amide bonds. The Kier molecular flexibility index (Phi) is 8.69. The van der Waals surface area contributed by atoms with Crippen LogP contribution in [0.1, 0.15) is 19.5 Å². The number of phenols is 1. The highest BCUT2D eigenvalue weighted by Crippen LogP contribution is 2.27. The number of para-hydroxylation sites is 2. The molecule has 0 saturated carbocycles. The van der Waals surface area contributed by atoms with Gasteiger partial charge >= 0.3 is 0 Å². The summed E-state index contributed by atoms with van der Waals surface area (Å²) in [6, 6.07) is 22.7. The van der Waals surface area contributed by atoms with Gasteiger partial charge in [-0.3, -0.25) is 24.4 Å². The van der Waals surface area contributed by atoms with Gasteiger partial charge < -0.3 is 14.9 Å². The Labute approximate surface area is 242 Å². The van der Waals surface area contributed by atoms with Gasteiger partial charge in [-0.25, -0.2) is 0 Å². The zero-order valence-electron chi connectivity index (χ0n) is 22.1. The number of phenolic OH excluding ortho intramolecular Hbond substituents is 1. The lowest BCUT2D eigenvalue weighted by atomic mass is 9.98. The lowest BCUT2D eigenvalue weighted by Crippen LogP contribution is -2.46. The quantitative estimate of drug-likeness (QED) is 0.295. The molecule has 0 radical (unpaired) electrons. The van der Waals surface area contributed by atoms with Crippen molar-refractivity contribution in [2.45, 2.75) is 26.3 Å². The van der Waals surface area contributed by atoms with E-state index >= 15 is 0 Å². The van der Waals surface area contributed by atoms with Crippen LogP contribution in [-0.2, 0) is 20.8 Å². The Hall–Kier alpha value is -4.44. The highest BCUT2D eigenvalue weighted by molar-refractivity contribution is 8.93. The van der Waals surface area contributed by atoms with Gasteiger partial charge in [-0.1, -0.05) is 36.4 Å². The van der Waals surface area contributed by atoms with E-state index in [1.165, 1.54) is 34.3 Å². The zero-order chi connectivity index (χ0) is 27.5. The first kappa shape index (κ1) is 28.6. The predicted octanol–water partition coefficient (Wildman–Crippen LogP) is 4.79. The van der Waals surface area contributed by atoms with E-state index in [-0.39, 0.29) is 47.6 Å². The van der Waals surface area contributed by atoms with Crippen LogP contribution in [-0.4, -0.2) is 50.5 Å². The summed E-state index contributed by atoms with van der Waals surface area (Å²) in [5, 5.41) is 17.8. The number of anilines is 2. The summed E-state index contributed by atoms with van der Waals surface area (Å²) in [4.78, 5) is 45.6. The lowest BCUT2D eigenvalue weighted by molar-refractivity contribution is -0.140. The summed E-state index contributed by atoms with van der Waals surface area (Å²) < 4.78 is 0. The van der Waals surface area contributed by atoms with E-state index in [0.717, 1.165) is 10.9 Å². The summed E-state index contributed by atoms with van der Waals surface area (Å²) in [5.41, 5.74) is 2.63. The van der Waals surface area contributed by atoms with Crippen LogP contribution < -0.4 is 9.80 Å². The number of aromatic hydroxyl groups is 1. The second-order valence-electron chi connectivity index (χ2n) is 9.66. The Bertz CT molecular complexity index is 1530. The third kappa shape index (κ3) is 5.76. The second-order valence-corrected chi connectivity index (χ2v) is 9.66. The highest BCUT2D eigenvalue weighted by Gasteiger charge is 2.38. The molecular weight excluding hydrogens is 574 g/mol. The Morgan fingerprint density at radius 2 is 1.62 bits per heavy atom. The van der Waals surface area contributed by atoms with Crippen LogP contribution in [0.4, 0.5) is 11.4 Å². The lowest BCUT2D eigenvalue weighted by Gasteiger charge is -2.29. The minimum Gasteiger partial charge on any atom is -0.508 e. The molecule has 0 aliphatic carbocycles. The fraction of sp³-hybridized carbons (Fsp3) is 0.200. The maximum Gasteiger partial charge on any atom is 0.247 e. The van der Waals surface area contributed by atoms with Crippen LogP contribution in [0.5, 0.6) is 5.75 Å². The molecule has 0 bridgehead atoms. The van der Waals surface area contributed by atoms with Crippen molar-refractivity contribution in [3.63, 3.8) is 0 Å². The number of nitrogens with zero attached hydrogens (tertiary/aromatic N) is 4. The van der Waals surface area contributed by atoms with E-state index in [1.54, 1.807) is 29.2 Å². The molecule has 0 spiro atoms. The molecule has 0 saturated heterocycles. The van der Waals surface area contributed by atoms with Crippen molar-refractivity contribution in [2.75, 3.05) is 16.3 Å². The Morgan fingerprint density at radius 3 is 2.33 bits per heavy atom. The number of rotatable bonds is 7. The van der Waals surface area contributed by atoms with Crippen molar-refractivity contribution >= 4 is 57.0 Å². The topological polar surface area (TPSA) is 110 Å². The summed E-state index contributed by atoms with van der Waals surface area (Å²) >= 11 is 0. The van der Waals surface area contributed by atoms with Crippen molar-refractivity contribution < 1.29 is 19.5 Å². The number of hydrogen-bond acceptors (Lipinski definition) is 5. The molecule has 0 fully saturated rings. The number of fused-ring (bicyclic) bond motifs is 1. The van der Waals surface area contributed by atoms with Crippen LogP contribution >= 0.6 is 17.0 Å². The normalized spacial score (nSPS) is 15.3. The molecule has 1 aliphatic rings. The van der Waals surface area contributed by atoms with Crippen molar-refractivity contribution in [1.82, 2.24) is 15.1 Å². The van der Waals surface area contributed by atoms with E-state index in [1.807, 2.05) is 56.3 Å². The minimum atomic E-state index is -1.09. The number of H-pyrrole nitrogens is 1. The third-order valence-electron chi connectivity index (χ3n) is 6.71. The molecule has 9 nitrogen and oxygen atoms in total. The fourth-order valence-corrected chi connectivity index (χ4v) is 4.81. The molecule has 206 valence electrons. The average molecular weight is 605 g/mol. The Morgan fingerprint density at radius 1 is 0.950 bits per heavy atom. The summed E-state index contributed by atoms with van der Waals surface area (Å²) in [6.45, 7) is 3.49. The number of hydrogen-bond donors (Lipinski definition) is 2. The molecule has 1 atom stereocenters. The molecule has 1 unspecified atom stereocenters. The molecule has 40 heavy (non-hydrogen) atoms. The van der Waals surface area contributed by atoms with Crippen molar-refractivity contribution in [1.29, 1.82) is 0 Å². The largest absolute Gasteiger partial charge is 0.508 e. The van der Waals surface area contributed by atoms with Crippen LogP contribution in [0, 0.1) is 5.92 Å². The van der Waals surface area contributed by atoms with Gasteiger partial charge in [0.05, 0.1) is 5.52 Å². The van der Waals surface area contributed by atoms with Gasteiger partial charge in [0.1, 0.15) is 18.2 Å². The van der Waals surface area contributed by atoms with Gasteiger partial charge in [-0.15, -0.1) is 17.0 Å². The molecule has 4 aromatic rings. The smallest absolute Gasteiger partial charge is 0.247 e. The first-order valence-corrected chi connectivity index (χ1v) is 12.7. The van der Waals surface area contributed by atoms with Crippen molar-refractivity contribution in [3.8, 4) is 5.75 Å². The fourth-order valence-electron chi connectivity index (χ4n) is 4.81. The van der Waals surface area contributed by atoms with Gasteiger partial charge in [0.15, 0.2) is 0 Å². The Balaban J connectivity index is 0.00000370. The van der Waals surface area contributed by atoms with Gasteiger partial charge in [0.2, 0.25) is 17.7 Å². The number of carbonyl (C=O) groups excluding carboxylic acids is 3. The summed E-state index contributed by atoms with van der Waals surface area (Å²) in [5.74, 6) is -2.18. The molecule has 5 rings (SSSR count). The highest BCUT2D eigenvalue weighted by atomic mass is 79.9. The van der Waals surface area contributed by atoms with Gasteiger partial charge in [-0.2, -0.15) is 5.10 Å². The van der Waals surface area contributed by atoms with Gasteiger partial charge in [-0.05, 0) is 56.3 Å².